The van der Waals surface area contributed by atoms with E-state index in [1.165, 1.54) is 0 Å². The first-order chi connectivity index (χ1) is 8.18. The van der Waals surface area contributed by atoms with E-state index in [2.05, 4.69) is 5.48 Å². The SMILES string of the molecule is C[C@]1(C(=O)NOC2CCOC2)C[C@H]2CC[C@@H]1O2. The second-order valence-electron chi connectivity index (χ2n) is 5.48. The van der Waals surface area contributed by atoms with Crippen LogP contribution in [0.5, 0.6) is 0 Å². The Morgan fingerprint density at radius 2 is 2.29 bits per heavy atom. The lowest BCUT2D eigenvalue weighted by Crippen LogP contribution is -2.46. The molecule has 1 amide bonds. The highest BCUT2D eigenvalue weighted by Crippen LogP contribution is 2.47. The van der Waals surface area contributed by atoms with Crippen LogP contribution >= 0.6 is 0 Å². The van der Waals surface area contributed by atoms with Gasteiger partial charge in [-0.1, -0.05) is 0 Å². The van der Waals surface area contributed by atoms with Crippen LogP contribution in [0.2, 0.25) is 0 Å². The van der Waals surface area contributed by atoms with Crippen molar-refractivity contribution in [2.24, 2.45) is 5.41 Å². The van der Waals surface area contributed by atoms with E-state index in [1.807, 2.05) is 6.92 Å². The van der Waals surface area contributed by atoms with Gasteiger partial charge in [-0.05, 0) is 26.2 Å². The van der Waals surface area contributed by atoms with Crippen LogP contribution < -0.4 is 5.48 Å². The second-order valence-corrected chi connectivity index (χ2v) is 5.48. The van der Waals surface area contributed by atoms with Crippen molar-refractivity contribution in [3.8, 4) is 0 Å². The fraction of sp³-hybridized carbons (Fsp3) is 0.917. The minimum Gasteiger partial charge on any atom is -0.379 e. The number of hydrogen-bond acceptors (Lipinski definition) is 4. The van der Waals surface area contributed by atoms with E-state index in [9.17, 15) is 4.79 Å². The molecule has 3 fully saturated rings. The molecule has 0 aliphatic carbocycles. The zero-order valence-electron chi connectivity index (χ0n) is 10.1. The maximum atomic E-state index is 12.2. The van der Waals surface area contributed by atoms with Gasteiger partial charge >= 0.3 is 0 Å². The molecular formula is C12H19NO4. The standard InChI is InChI=1S/C12H19NO4/c1-12(6-8-2-3-10(12)16-8)11(14)13-17-9-4-5-15-7-9/h8-10H,2-7H2,1H3,(H,13,14)/t8-,9?,10+,12+/m1/s1. The summed E-state index contributed by atoms with van der Waals surface area (Å²) < 4.78 is 10.9. The minimum atomic E-state index is -0.414. The van der Waals surface area contributed by atoms with Crippen molar-refractivity contribution in [3.05, 3.63) is 0 Å². The molecule has 0 radical (unpaired) electrons. The largest absolute Gasteiger partial charge is 0.379 e. The predicted molar refractivity (Wildman–Crippen MR) is 59.1 cm³/mol. The number of hydrogen-bond donors (Lipinski definition) is 1. The van der Waals surface area contributed by atoms with Crippen LogP contribution in [0, 0.1) is 5.41 Å². The third-order valence-corrected chi connectivity index (χ3v) is 4.19. The summed E-state index contributed by atoms with van der Waals surface area (Å²) in [4.78, 5) is 17.5. The predicted octanol–water partition coefficient (Wildman–Crippen LogP) is 0.781. The van der Waals surface area contributed by atoms with E-state index in [1.54, 1.807) is 0 Å². The molecule has 0 saturated carbocycles. The Kier molecular flexibility index (Phi) is 2.84. The Bertz CT molecular complexity index is 316. The van der Waals surface area contributed by atoms with Crippen molar-refractivity contribution >= 4 is 5.91 Å². The third-order valence-electron chi connectivity index (χ3n) is 4.19. The summed E-state index contributed by atoms with van der Waals surface area (Å²) in [7, 11) is 0. The average molecular weight is 241 g/mol. The van der Waals surface area contributed by atoms with Gasteiger partial charge in [0.25, 0.3) is 5.91 Å². The van der Waals surface area contributed by atoms with Gasteiger partial charge in [0.2, 0.25) is 0 Å². The van der Waals surface area contributed by atoms with E-state index in [0.29, 0.717) is 13.2 Å². The van der Waals surface area contributed by atoms with Gasteiger partial charge in [0, 0.05) is 13.0 Å². The Hall–Kier alpha value is -0.650. The molecule has 17 heavy (non-hydrogen) atoms. The summed E-state index contributed by atoms with van der Waals surface area (Å²) >= 11 is 0. The van der Waals surface area contributed by atoms with Crippen molar-refractivity contribution < 1.29 is 19.1 Å². The Labute approximate surface area is 101 Å². The Morgan fingerprint density at radius 1 is 1.41 bits per heavy atom. The maximum Gasteiger partial charge on any atom is 0.252 e. The van der Waals surface area contributed by atoms with Crippen molar-refractivity contribution in [2.75, 3.05) is 13.2 Å². The Morgan fingerprint density at radius 3 is 2.88 bits per heavy atom. The van der Waals surface area contributed by atoms with Crippen molar-refractivity contribution in [1.29, 1.82) is 0 Å². The summed E-state index contributed by atoms with van der Waals surface area (Å²) in [6.07, 6.45) is 4.07. The first-order valence-corrected chi connectivity index (χ1v) is 6.38. The van der Waals surface area contributed by atoms with E-state index in [-0.39, 0.29) is 24.2 Å². The first kappa shape index (κ1) is 11.4. The van der Waals surface area contributed by atoms with E-state index in [0.717, 1.165) is 25.7 Å². The topological polar surface area (TPSA) is 56.8 Å². The molecule has 3 heterocycles. The molecule has 4 atom stereocenters. The fourth-order valence-electron chi connectivity index (χ4n) is 3.03. The van der Waals surface area contributed by atoms with Crippen LogP contribution in [-0.4, -0.2) is 37.4 Å². The third kappa shape index (κ3) is 1.96. The highest BCUT2D eigenvalue weighted by atomic mass is 16.7. The molecule has 3 rings (SSSR count). The molecule has 0 spiro atoms. The second kappa shape index (κ2) is 4.23. The number of amides is 1. The fourth-order valence-corrected chi connectivity index (χ4v) is 3.03. The zero-order chi connectivity index (χ0) is 11.9. The highest BCUT2D eigenvalue weighted by molar-refractivity contribution is 5.82. The van der Waals surface area contributed by atoms with Crippen LogP contribution in [0.4, 0.5) is 0 Å². The maximum absolute atomic E-state index is 12.2. The number of rotatable bonds is 3. The van der Waals surface area contributed by atoms with Gasteiger partial charge in [-0.2, -0.15) is 0 Å². The van der Waals surface area contributed by atoms with Crippen molar-refractivity contribution in [2.45, 2.75) is 50.9 Å². The van der Waals surface area contributed by atoms with Gasteiger partial charge in [0.1, 0.15) is 6.10 Å². The quantitative estimate of drug-likeness (QED) is 0.742. The normalized spacial score (nSPS) is 44.2. The molecule has 96 valence electrons. The van der Waals surface area contributed by atoms with Crippen LogP contribution in [0.15, 0.2) is 0 Å². The lowest BCUT2D eigenvalue weighted by molar-refractivity contribution is -0.151. The molecule has 5 heteroatoms. The smallest absolute Gasteiger partial charge is 0.252 e. The Balaban J connectivity index is 1.55. The zero-order valence-corrected chi connectivity index (χ0v) is 10.1. The lowest BCUT2D eigenvalue weighted by Gasteiger charge is -2.29. The molecule has 1 N–H and O–H groups in total. The van der Waals surface area contributed by atoms with Crippen molar-refractivity contribution in [3.63, 3.8) is 0 Å². The van der Waals surface area contributed by atoms with Gasteiger partial charge in [-0.3, -0.25) is 9.63 Å². The lowest BCUT2D eigenvalue weighted by atomic mass is 9.75. The van der Waals surface area contributed by atoms with E-state index < -0.39 is 5.41 Å². The number of ether oxygens (including phenoxy) is 2. The summed E-state index contributed by atoms with van der Waals surface area (Å²) in [6.45, 7) is 3.26. The van der Waals surface area contributed by atoms with Gasteiger partial charge in [-0.25, -0.2) is 5.48 Å². The number of hydroxylamine groups is 1. The number of fused-ring (bicyclic) bond motifs is 2. The monoisotopic (exact) mass is 241 g/mol. The van der Waals surface area contributed by atoms with Gasteiger partial charge in [0.15, 0.2) is 0 Å². The molecule has 0 aromatic rings. The molecule has 3 aliphatic heterocycles. The molecule has 3 saturated heterocycles. The summed E-state index contributed by atoms with van der Waals surface area (Å²) in [5, 5.41) is 0. The van der Waals surface area contributed by atoms with Crippen LogP contribution in [0.3, 0.4) is 0 Å². The summed E-state index contributed by atoms with van der Waals surface area (Å²) in [6, 6.07) is 0. The van der Waals surface area contributed by atoms with Crippen LogP contribution in [-0.2, 0) is 19.1 Å². The van der Waals surface area contributed by atoms with Gasteiger partial charge < -0.3 is 9.47 Å². The molecule has 0 aromatic heterocycles. The number of carbonyl (C=O) groups excluding carboxylic acids is 1. The highest BCUT2D eigenvalue weighted by Gasteiger charge is 2.54. The van der Waals surface area contributed by atoms with Gasteiger partial charge in [-0.15, -0.1) is 0 Å². The van der Waals surface area contributed by atoms with Crippen LogP contribution in [0.1, 0.15) is 32.6 Å². The van der Waals surface area contributed by atoms with Gasteiger partial charge in [0.05, 0.1) is 24.2 Å². The summed E-state index contributed by atoms with van der Waals surface area (Å²) in [5.74, 6) is -0.0448. The molecule has 5 nitrogen and oxygen atoms in total. The molecule has 1 unspecified atom stereocenters. The van der Waals surface area contributed by atoms with E-state index in [4.69, 9.17) is 14.3 Å². The molecule has 2 bridgehead atoms. The number of carbonyl (C=O) groups is 1. The molecule has 3 aliphatic rings. The minimum absolute atomic E-state index is 0.00191. The molecular weight excluding hydrogens is 222 g/mol. The molecule has 0 aromatic carbocycles. The summed E-state index contributed by atoms with van der Waals surface area (Å²) in [5.41, 5.74) is 2.18. The van der Waals surface area contributed by atoms with E-state index >= 15 is 0 Å². The first-order valence-electron chi connectivity index (χ1n) is 6.38. The van der Waals surface area contributed by atoms with Crippen molar-refractivity contribution in [1.82, 2.24) is 5.48 Å². The number of nitrogens with one attached hydrogen (secondary N) is 1. The average Bonchev–Trinajstić information content (AvgIpc) is 3.01. The van der Waals surface area contributed by atoms with Crippen LogP contribution in [0.25, 0.3) is 0 Å².